The number of carboxylic acids is 1. The summed E-state index contributed by atoms with van der Waals surface area (Å²) in [6.07, 6.45) is 0. The lowest BCUT2D eigenvalue weighted by Crippen LogP contribution is -2.38. The Morgan fingerprint density at radius 2 is 1.71 bits per heavy atom. The molecule has 6 nitrogen and oxygen atoms in total. The van der Waals surface area contributed by atoms with Gasteiger partial charge in [-0.25, -0.2) is 0 Å². The van der Waals surface area contributed by atoms with Crippen molar-refractivity contribution in [2.24, 2.45) is 5.41 Å². The van der Waals surface area contributed by atoms with Crippen LogP contribution in [0.2, 0.25) is 0 Å². The van der Waals surface area contributed by atoms with Gasteiger partial charge in [0.1, 0.15) is 5.76 Å². The fourth-order valence-electron chi connectivity index (χ4n) is 1.95. The highest BCUT2D eigenvalue weighted by Crippen LogP contribution is 2.23. The van der Waals surface area contributed by atoms with Gasteiger partial charge in [0.05, 0.1) is 5.41 Å². The number of hydrogen-bond acceptors (Lipinski definition) is 4. The summed E-state index contributed by atoms with van der Waals surface area (Å²) in [6.45, 7) is 4.53. The van der Waals surface area contributed by atoms with E-state index in [2.05, 4.69) is 5.32 Å². The third-order valence-electron chi connectivity index (χ3n) is 3.68. The summed E-state index contributed by atoms with van der Waals surface area (Å²) in [7, 11) is 0. The number of Topliss-reactive ketones (excluding diaryl/α,β-unsaturated/α-hetero) is 1. The monoisotopic (exact) mass is 329 g/mol. The summed E-state index contributed by atoms with van der Waals surface area (Å²) in [4.78, 5) is 34.4. The third kappa shape index (κ3) is 3.90. The number of nitrogens with one attached hydrogen (secondary N) is 1. The van der Waals surface area contributed by atoms with Gasteiger partial charge < -0.3 is 14.8 Å². The first kappa shape index (κ1) is 17.5. The predicted molar refractivity (Wildman–Crippen MR) is 87.9 cm³/mol. The maximum absolute atomic E-state index is 12.1. The Hall–Kier alpha value is -2.89. The molecule has 0 aliphatic rings. The van der Waals surface area contributed by atoms with Gasteiger partial charge in [0, 0.05) is 17.7 Å². The summed E-state index contributed by atoms with van der Waals surface area (Å²) in [5, 5.41) is 11.6. The van der Waals surface area contributed by atoms with E-state index in [1.807, 2.05) is 0 Å². The van der Waals surface area contributed by atoms with E-state index in [0.717, 1.165) is 5.56 Å². The summed E-state index contributed by atoms with van der Waals surface area (Å²) in [6, 6.07) is 10.0. The number of ketones is 1. The van der Waals surface area contributed by atoms with Crippen LogP contribution in [0.25, 0.3) is 11.3 Å². The molecule has 0 saturated carbocycles. The Morgan fingerprint density at radius 3 is 2.25 bits per heavy atom. The van der Waals surface area contributed by atoms with Gasteiger partial charge in [-0.3, -0.25) is 14.4 Å². The third-order valence-corrected chi connectivity index (χ3v) is 3.68. The first-order valence-electron chi connectivity index (χ1n) is 7.43. The Morgan fingerprint density at radius 1 is 1.08 bits per heavy atom. The maximum atomic E-state index is 12.1. The molecule has 1 aromatic heterocycles. The van der Waals surface area contributed by atoms with Crippen molar-refractivity contribution >= 4 is 17.7 Å². The van der Waals surface area contributed by atoms with Crippen LogP contribution in [-0.2, 0) is 4.79 Å². The van der Waals surface area contributed by atoms with E-state index in [0.29, 0.717) is 11.3 Å². The lowest BCUT2D eigenvalue weighted by atomic mass is 9.94. The van der Waals surface area contributed by atoms with Crippen LogP contribution >= 0.6 is 0 Å². The highest BCUT2D eigenvalue weighted by molar-refractivity contribution is 5.94. The van der Waals surface area contributed by atoms with Crippen LogP contribution in [0.4, 0.5) is 0 Å². The molecule has 0 aliphatic heterocycles. The fraction of sp³-hybridized carbons (Fsp3) is 0.278. The van der Waals surface area contributed by atoms with E-state index < -0.39 is 17.3 Å². The molecule has 1 aromatic carbocycles. The Labute approximate surface area is 139 Å². The zero-order chi connectivity index (χ0) is 17.9. The zero-order valence-corrected chi connectivity index (χ0v) is 13.8. The zero-order valence-electron chi connectivity index (χ0n) is 13.8. The van der Waals surface area contributed by atoms with Crippen molar-refractivity contribution in [2.75, 3.05) is 6.54 Å². The van der Waals surface area contributed by atoms with Gasteiger partial charge in [0.25, 0.3) is 5.91 Å². The van der Waals surface area contributed by atoms with E-state index in [-0.39, 0.29) is 18.1 Å². The molecule has 0 atom stereocenters. The quantitative estimate of drug-likeness (QED) is 0.794. The van der Waals surface area contributed by atoms with Crippen LogP contribution in [0.5, 0.6) is 0 Å². The molecule has 0 saturated heterocycles. The number of benzene rings is 1. The second-order valence-electron chi connectivity index (χ2n) is 6.17. The molecule has 6 heteroatoms. The van der Waals surface area contributed by atoms with Crippen LogP contribution < -0.4 is 5.32 Å². The van der Waals surface area contributed by atoms with Gasteiger partial charge in [-0.2, -0.15) is 0 Å². The molecular weight excluding hydrogens is 310 g/mol. The molecule has 0 spiro atoms. The summed E-state index contributed by atoms with van der Waals surface area (Å²) < 4.78 is 5.51. The highest BCUT2D eigenvalue weighted by Gasteiger charge is 2.28. The van der Waals surface area contributed by atoms with Crippen LogP contribution in [0.3, 0.4) is 0 Å². The van der Waals surface area contributed by atoms with Crippen molar-refractivity contribution in [1.29, 1.82) is 0 Å². The number of amides is 1. The largest absolute Gasteiger partial charge is 0.481 e. The topological polar surface area (TPSA) is 96.6 Å². The minimum atomic E-state index is -1.06. The molecule has 2 N–H and O–H groups in total. The normalized spacial score (nSPS) is 11.1. The number of hydrogen-bond donors (Lipinski definition) is 2. The molecule has 0 aliphatic carbocycles. The van der Waals surface area contributed by atoms with Gasteiger partial charge >= 0.3 is 5.97 Å². The molecule has 0 fully saturated rings. The second-order valence-corrected chi connectivity index (χ2v) is 6.17. The Balaban J connectivity index is 2.08. The molecule has 1 heterocycles. The van der Waals surface area contributed by atoms with Gasteiger partial charge in [-0.05, 0) is 32.9 Å². The lowest BCUT2D eigenvalue weighted by molar-refractivity contribution is -0.146. The SMILES string of the molecule is CC(=O)c1ccc(-c2ccc(C(=O)NCC(C)(C)C(=O)O)o2)cc1. The molecule has 126 valence electrons. The highest BCUT2D eigenvalue weighted by atomic mass is 16.4. The average molecular weight is 329 g/mol. The predicted octanol–water partition coefficient (Wildman–Crippen LogP) is 2.99. The minimum absolute atomic E-state index is 0.00942. The van der Waals surface area contributed by atoms with Crippen LogP contribution in [0.1, 0.15) is 41.7 Å². The lowest BCUT2D eigenvalue weighted by Gasteiger charge is -2.18. The molecule has 2 rings (SSSR count). The molecule has 1 amide bonds. The summed E-state index contributed by atoms with van der Waals surface area (Å²) >= 11 is 0. The van der Waals surface area contributed by atoms with Crippen molar-refractivity contribution in [3.8, 4) is 11.3 Å². The van der Waals surface area contributed by atoms with E-state index in [9.17, 15) is 14.4 Å². The van der Waals surface area contributed by atoms with Gasteiger partial charge in [-0.1, -0.05) is 24.3 Å². The number of carbonyl (C=O) groups is 3. The molecule has 0 radical (unpaired) electrons. The molecule has 0 bridgehead atoms. The molecule has 24 heavy (non-hydrogen) atoms. The number of aliphatic carboxylic acids is 1. The van der Waals surface area contributed by atoms with Crippen LogP contribution in [0.15, 0.2) is 40.8 Å². The Kier molecular flexibility index (Phi) is 4.87. The fourth-order valence-corrected chi connectivity index (χ4v) is 1.95. The number of carbonyl (C=O) groups excluding carboxylic acids is 2. The van der Waals surface area contributed by atoms with E-state index >= 15 is 0 Å². The van der Waals surface area contributed by atoms with E-state index in [4.69, 9.17) is 9.52 Å². The molecular formula is C18H19NO5. The van der Waals surface area contributed by atoms with Gasteiger partial charge in [0.15, 0.2) is 11.5 Å². The van der Waals surface area contributed by atoms with E-state index in [1.54, 1.807) is 30.3 Å². The van der Waals surface area contributed by atoms with Crippen molar-refractivity contribution in [1.82, 2.24) is 5.32 Å². The first-order chi connectivity index (χ1) is 11.2. The van der Waals surface area contributed by atoms with Crippen LogP contribution in [0, 0.1) is 5.41 Å². The second kappa shape index (κ2) is 6.70. The summed E-state index contributed by atoms with van der Waals surface area (Å²) in [5.74, 6) is -0.902. The van der Waals surface area contributed by atoms with Gasteiger partial charge in [0.2, 0.25) is 0 Å². The van der Waals surface area contributed by atoms with Crippen LogP contribution in [-0.4, -0.2) is 29.3 Å². The van der Waals surface area contributed by atoms with Crippen molar-refractivity contribution in [3.05, 3.63) is 47.7 Å². The smallest absolute Gasteiger partial charge is 0.310 e. The van der Waals surface area contributed by atoms with Crippen molar-refractivity contribution < 1.29 is 23.9 Å². The average Bonchev–Trinajstić information content (AvgIpc) is 3.02. The standard InChI is InChI=1S/C18H19NO5/c1-11(20)12-4-6-13(7-5-12)14-8-9-15(24-14)16(21)19-10-18(2,3)17(22)23/h4-9H,10H2,1-3H3,(H,19,21)(H,22,23). The summed E-state index contributed by atoms with van der Waals surface area (Å²) in [5.41, 5.74) is 0.275. The maximum Gasteiger partial charge on any atom is 0.310 e. The Bertz CT molecular complexity index is 771. The first-order valence-corrected chi connectivity index (χ1v) is 7.43. The van der Waals surface area contributed by atoms with Crippen molar-refractivity contribution in [3.63, 3.8) is 0 Å². The van der Waals surface area contributed by atoms with Crippen molar-refractivity contribution in [2.45, 2.75) is 20.8 Å². The van der Waals surface area contributed by atoms with Gasteiger partial charge in [-0.15, -0.1) is 0 Å². The minimum Gasteiger partial charge on any atom is -0.481 e. The molecule has 0 unspecified atom stereocenters. The number of carboxylic acid groups (broad SMARTS) is 1. The molecule has 2 aromatic rings. The number of furan rings is 1. The number of rotatable bonds is 6. The van der Waals surface area contributed by atoms with E-state index in [1.165, 1.54) is 26.8 Å².